The zero-order valence-electron chi connectivity index (χ0n) is 12.9. The van der Waals surface area contributed by atoms with Crippen molar-refractivity contribution >= 4 is 0 Å². The number of benzene rings is 1. The van der Waals surface area contributed by atoms with Gasteiger partial charge in [0.1, 0.15) is 0 Å². The van der Waals surface area contributed by atoms with Crippen molar-refractivity contribution in [1.82, 2.24) is 9.78 Å². The van der Waals surface area contributed by atoms with E-state index in [1.54, 1.807) is 0 Å². The van der Waals surface area contributed by atoms with Crippen LogP contribution in [0.2, 0.25) is 0 Å². The van der Waals surface area contributed by atoms with Gasteiger partial charge in [-0.3, -0.25) is 4.68 Å². The van der Waals surface area contributed by atoms with Crippen LogP contribution in [0.4, 0.5) is 0 Å². The molecule has 0 fully saturated rings. The molecule has 0 saturated heterocycles. The van der Waals surface area contributed by atoms with Crippen molar-refractivity contribution in [1.29, 1.82) is 0 Å². The maximum atomic E-state index is 6.49. The normalized spacial score (nSPS) is 13.4. The Bertz CT molecular complexity index is 555. The monoisotopic (exact) mass is 271 g/mol. The number of hydrogen-bond donors (Lipinski definition) is 1. The Labute approximate surface area is 121 Å². The Morgan fingerprint density at radius 3 is 2.45 bits per heavy atom. The van der Waals surface area contributed by atoms with Crippen molar-refractivity contribution in [3.8, 4) is 0 Å². The third-order valence-electron chi connectivity index (χ3n) is 4.26. The van der Waals surface area contributed by atoms with E-state index in [0.29, 0.717) is 0 Å². The van der Waals surface area contributed by atoms with Gasteiger partial charge in [-0.1, -0.05) is 51.1 Å². The fourth-order valence-corrected chi connectivity index (χ4v) is 2.50. The summed E-state index contributed by atoms with van der Waals surface area (Å²) in [5.74, 6) is 0. The molecule has 3 nitrogen and oxygen atoms in total. The molecule has 1 aromatic heterocycles. The minimum atomic E-state index is -0.0576. The van der Waals surface area contributed by atoms with Crippen LogP contribution in [0.1, 0.15) is 37.7 Å². The molecule has 1 aromatic carbocycles. The highest BCUT2D eigenvalue weighted by molar-refractivity contribution is 5.26. The van der Waals surface area contributed by atoms with Crippen LogP contribution in [-0.2, 0) is 25.3 Å². The number of nitrogens with two attached hydrogens (primary N) is 1. The lowest BCUT2D eigenvalue weighted by Crippen LogP contribution is -2.42. The molecule has 0 aliphatic carbocycles. The standard InChI is InChI=1S/C17H25N3/c1-5-14-11-15(20(4)19-14)12-16(18)17(2,3)13-9-7-6-8-10-13/h6-11,16H,5,12,18H2,1-4H3. The van der Waals surface area contributed by atoms with E-state index in [9.17, 15) is 0 Å². The van der Waals surface area contributed by atoms with E-state index in [-0.39, 0.29) is 11.5 Å². The molecule has 0 bridgehead atoms. The summed E-state index contributed by atoms with van der Waals surface area (Å²) in [6, 6.07) is 12.7. The average molecular weight is 271 g/mol. The Kier molecular flexibility index (Phi) is 4.29. The number of aryl methyl sites for hydroxylation is 2. The minimum absolute atomic E-state index is 0.0576. The van der Waals surface area contributed by atoms with Gasteiger partial charge in [0.15, 0.2) is 0 Å². The van der Waals surface area contributed by atoms with Gasteiger partial charge in [-0.2, -0.15) is 5.10 Å². The van der Waals surface area contributed by atoms with Crippen LogP contribution in [0.25, 0.3) is 0 Å². The van der Waals surface area contributed by atoms with E-state index < -0.39 is 0 Å². The zero-order valence-corrected chi connectivity index (χ0v) is 12.9. The quantitative estimate of drug-likeness (QED) is 0.908. The SMILES string of the molecule is CCc1cc(CC(N)C(C)(C)c2ccccc2)n(C)n1. The van der Waals surface area contributed by atoms with Gasteiger partial charge in [0, 0.05) is 30.6 Å². The smallest absolute Gasteiger partial charge is 0.0624 e. The first-order valence-corrected chi connectivity index (χ1v) is 7.28. The number of aromatic nitrogens is 2. The molecule has 0 aliphatic rings. The molecule has 0 aliphatic heterocycles. The summed E-state index contributed by atoms with van der Waals surface area (Å²) in [7, 11) is 2.00. The molecule has 20 heavy (non-hydrogen) atoms. The minimum Gasteiger partial charge on any atom is -0.327 e. The van der Waals surface area contributed by atoms with E-state index in [2.05, 4.69) is 56.2 Å². The van der Waals surface area contributed by atoms with Crippen molar-refractivity contribution in [2.45, 2.75) is 45.1 Å². The van der Waals surface area contributed by atoms with Crippen LogP contribution in [0.5, 0.6) is 0 Å². The Hall–Kier alpha value is -1.61. The molecule has 1 atom stereocenters. The van der Waals surface area contributed by atoms with Gasteiger partial charge in [-0.25, -0.2) is 0 Å². The summed E-state index contributed by atoms with van der Waals surface area (Å²) in [5.41, 5.74) is 10.1. The summed E-state index contributed by atoms with van der Waals surface area (Å²) >= 11 is 0. The van der Waals surface area contributed by atoms with Gasteiger partial charge < -0.3 is 5.73 Å². The summed E-state index contributed by atoms with van der Waals surface area (Å²) in [5, 5.41) is 4.50. The summed E-state index contributed by atoms with van der Waals surface area (Å²) in [6.45, 7) is 6.55. The summed E-state index contributed by atoms with van der Waals surface area (Å²) < 4.78 is 1.96. The molecule has 1 unspecified atom stereocenters. The Morgan fingerprint density at radius 1 is 1.25 bits per heavy atom. The summed E-state index contributed by atoms with van der Waals surface area (Å²) in [4.78, 5) is 0. The van der Waals surface area contributed by atoms with E-state index in [4.69, 9.17) is 5.73 Å². The van der Waals surface area contributed by atoms with Gasteiger partial charge in [-0.05, 0) is 18.1 Å². The zero-order chi connectivity index (χ0) is 14.8. The van der Waals surface area contributed by atoms with Crippen molar-refractivity contribution in [2.75, 3.05) is 0 Å². The lowest BCUT2D eigenvalue weighted by Gasteiger charge is -2.32. The highest BCUT2D eigenvalue weighted by Gasteiger charge is 2.29. The van der Waals surface area contributed by atoms with Crippen LogP contribution < -0.4 is 5.73 Å². The molecule has 2 N–H and O–H groups in total. The molecule has 2 aromatic rings. The predicted molar refractivity (Wildman–Crippen MR) is 83.7 cm³/mol. The van der Waals surface area contributed by atoms with Gasteiger partial charge in [0.05, 0.1) is 5.69 Å². The fourth-order valence-electron chi connectivity index (χ4n) is 2.50. The first kappa shape index (κ1) is 14.8. The molecular weight excluding hydrogens is 246 g/mol. The second kappa shape index (κ2) is 5.80. The molecule has 0 saturated carbocycles. The highest BCUT2D eigenvalue weighted by Crippen LogP contribution is 2.27. The molecule has 0 amide bonds. The molecule has 0 radical (unpaired) electrons. The lowest BCUT2D eigenvalue weighted by molar-refractivity contribution is 0.399. The van der Waals surface area contributed by atoms with Gasteiger partial charge in [0.25, 0.3) is 0 Å². The third kappa shape index (κ3) is 2.93. The molecule has 1 heterocycles. The van der Waals surface area contributed by atoms with Crippen LogP contribution in [-0.4, -0.2) is 15.8 Å². The van der Waals surface area contributed by atoms with E-state index in [1.807, 2.05) is 17.8 Å². The number of nitrogens with zero attached hydrogens (tertiary/aromatic N) is 2. The first-order chi connectivity index (χ1) is 9.45. The number of rotatable bonds is 5. The van der Waals surface area contributed by atoms with Crippen LogP contribution >= 0.6 is 0 Å². The molecular formula is C17H25N3. The Balaban J connectivity index is 2.18. The topological polar surface area (TPSA) is 43.8 Å². The van der Waals surface area contributed by atoms with Crippen molar-refractivity contribution in [2.24, 2.45) is 12.8 Å². The second-order valence-electron chi connectivity index (χ2n) is 6.00. The van der Waals surface area contributed by atoms with Gasteiger partial charge >= 0.3 is 0 Å². The molecule has 108 valence electrons. The maximum Gasteiger partial charge on any atom is 0.0624 e. The Morgan fingerprint density at radius 2 is 1.90 bits per heavy atom. The largest absolute Gasteiger partial charge is 0.327 e. The second-order valence-corrected chi connectivity index (χ2v) is 6.00. The van der Waals surface area contributed by atoms with E-state index >= 15 is 0 Å². The van der Waals surface area contributed by atoms with Gasteiger partial charge in [-0.15, -0.1) is 0 Å². The molecule has 3 heteroatoms. The average Bonchev–Trinajstić information content (AvgIpc) is 2.80. The van der Waals surface area contributed by atoms with E-state index in [1.165, 1.54) is 11.3 Å². The predicted octanol–water partition coefficient (Wildman–Crippen LogP) is 2.83. The maximum absolute atomic E-state index is 6.49. The fraction of sp³-hybridized carbons (Fsp3) is 0.471. The summed E-state index contributed by atoms with van der Waals surface area (Å²) in [6.07, 6.45) is 1.80. The van der Waals surface area contributed by atoms with Gasteiger partial charge in [0.2, 0.25) is 0 Å². The van der Waals surface area contributed by atoms with Crippen LogP contribution in [0, 0.1) is 0 Å². The number of hydrogen-bond acceptors (Lipinski definition) is 2. The van der Waals surface area contributed by atoms with E-state index in [0.717, 1.165) is 18.5 Å². The van der Waals surface area contributed by atoms with Crippen LogP contribution in [0.15, 0.2) is 36.4 Å². The van der Waals surface area contributed by atoms with Crippen molar-refractivity contribution in [3.05, 3.63) is 53.3 Å². The lowest BCUT2D eigenvalue weighted by atomic mass is 9.76. The highest BCUT2D eigenvalue weighted by atomic mass is 15.3. The van der Waals surface area contributed by atoms with Crippen LogP contribution in [0.3, 0.4) is 0 Å². The van der Waals surface area contributed by atoms with Crippen molar-refractivity contribution < 1.29 is 0 Å². The third-order valence-corrected chi connectivity index (χ3v) is 4.26. The van der Waals surface area contributed by atoms with Crippen molar-refractivity contribution in [3.63, 3.8) is 0 Å². The molecule has 0 spiro atoms. The molecule has 2 rings (SSSR count). The first-order valence-electron chi connectivity index (χ1n) is 7.28.